The highest BCUT2D eigenvalue weighted by atomic mass is 16.8. The van der Waals surface area contributed by atoms with Crippen LogP contribution in [-0.2, 0) is 42.9 Å². The number of carboxylic acids is 1. The van der Waals surface area contributed by atoms with Crippen molar-refractivity contribution in [2.24, 2.45) is 0 Å². The number of nitrogens with one attached hydrogen (secondary N) is 3. The molecule has 0 aliphatic carbocycles. The number of aliphatic hydroxyl groups excluding tert-OH is 9. The number of hydrogen-bond donors (Lipinski definition) is 13. The fourth-order valence-electron chi connectivity index (χ4n) is 6.00. The second kappa shape index (κ2) is 17.0. The molecule has 22 heteroatoms. The molecule has 0 radical (unpaired) electrons. The van der Waals surface area contributed by atoms with E-state index in [-0.39, 0.29) is 0 Å². The molecule has 282 valence electrons. The van der Waals surface area contributed by atoms with Crippen LogP contribution in [0.4, 0.5) is 0 Å². The molecule has 3 aliphatic heterocycles. The number of aliphatic hydroxyl groups is 9. The molecule has 3 heterocycles. The number of hydrogen-bond acceptors (Lipinski definition) is 18. The number of amides is 3. The maximum atomic E-state index is 12.9. The van der Waals surface area contributed by atoms with Gasteiger partial charge in [-0.15, -0.1) is 0 Å². The average Bonchev–Trinajstić information content (AvgIpc) is 3.03. The second-order valence-electron chi connectivity index (χ2n) is 12.0. The van der Waals surface area contributed by atoms with Crippen molar-refractivity contribution in [2.75, 3.05) is 19.8 Å². The predicted octanol–water partition coefficient (Wildman–Crippen LogP) is -7.94. The van der Waals surface area contributed by atoms with E-state index in [2.05, 4.69) is 16.0 Å². The van der Waals surface area contributed by atoms with Crippen LogP contribution in [0.5, 0.6) is 0 Å². The Labute approximate surface area is 278 Å². The van der Waals surface area contributed by atoms with Crippen molar-refractivity contribution in [2.45, 2.75) is 125 Å². The smallest absolute Gasteiger partial charge is 0.364 e. The normalized spacial score (nSPS) is 40.9. The molecule has 0 saturated carbocycles. The Morgan fingerprint density at radius 2 is 1.37 bits per heavy atom. The topological polar surface area (TPSA) is 353 Å². The minimum absolute atomic E-state index is 0.696. The Kier molecular flexibility index (Phi) is 14.2. The summed E-state index contributed by atoms with van der Waals surface area (Å²) in [4.78, 5) is 48.8. The predicted molar refractivity (Wildman–Crippen MR) is 153 cm³/mol. The van der Waals surface area contributed by atoms with Crippen molar-refractivity contribution < 1.29 is 93.9 Å². The van der Waals surface area contributed by atoms with Crippen LogP contribution in [0.3, 0.4) is 0 Å². The zero-order valence-corrected chi connectivity index (χ0v) is 26.6. The van der Waals surface area contributed by atoms with Crippen molar-refractivity contribution in [3.63, 3.8) is 0 Å². The Morgan fingerprint density at radius 3 is 1.88 bits per heavy atom. The summed E-state index contributed by atoms with van der Waals surface area (Å²) in [7, 11) is 0. The standard InChI is InChI=1S/C27H45N3O19/c1-8(34)28-11-4-27(26(43)44,48-22(15(11)29-9(2)35)17(38)12(37)5-31)49-23-18(39)13(6-32)46-25(20(23)41)47-21-14(7-33)45-24(42)16(19(21)40)30-10(3)36/h11-25,31-33,37-42H,4-7H2,1-3H3,(H,28,34)(H,29,35)(H,30,36)(H,43,44)/t11-,12+,13+,14+,15+,16+,17+,18-,19+,20+,21+,22+,23-,24?,25-,27-/m0/s1. The van der Waals surface area contributed by atoms with Gasteiger partial charge in [0, 0.05) is 27.2 Å². The summed E-state index contributed by atoms with van der Waals surface area (Å²) >= 11 is 0. The summed E-state index contributed by atoms with van der Waals surface area (Å²) in [6, 6.07) is -4.37. The molecule has 49 heavy (non-hydrogen) atoms. The van der Waals surface area contributed by atoms with Crippen LogP contribution < -0.4 is 16.0 Å². The second-order valence-corrected chi connectivity index (χ2v) is 12.0. The summed E-state index contributed by atoms with van der Waals surface area (Å²) in [6.07, 6.45) is -23.8. The lowest BCUT2D eigenvalue weighted by Crippen LogP contribution is -2.73. The minimum atomic E-state index is -3.01. The first-order valence-electron chi connectivity index (χ1n) is 15.2. The third kappa shape index (κ3) is 9.17. The zero-order chi connectivity index (χ0) is 37.0. The molecule has 22 nitrogen and oxygen atoms in total. The molecule has 0 bridgehead atoms. The van der Waals surface area contributed by atoms with Gasteiger partial charge < -0.3 is 90.7 Å². The monoisotopic (exact) mass is 715 g/mol. The van der Waals surface area contributed by atoms with Gasteiger partial charge in [-0.05, 0) is 0 Å². The van der Waals surface area contributed by atoms with Gasteiger partial charge in [0.2, 0.25) is 17.7 Å². The molecule has 16 atom stereocenters. The lowest BCUT2D eigenvalue weighted by Gasteiger charge is -2.51. The first kappa shape index (κ1) is 40.7. The molecule has 0 aromatic rings. The van der Waals surface area contributed by atoms with Gasteiger partial charge in [0.05, 0.1) is 31.9 Å². The third-order valence-corrected chi connectivity index (χ3v) is 8.29. The molecule has 3 saturated heterocycles. The van der Waals surface area contributed by atoms with E-state index >= 15 is 0 Å². The lowest BCUT2D eigenvalue weighted by atomic mass is 9.86. The highest BCUT2D eigenvalue weighted by Crippen LogP contribution is 2.38. The van der Waals surface area contributed by atoms with Crippen LogP contribution in [0.25, 0.3) is 0 Å². The molecular weight excluding hydrogens is 670 g/mol. The summed E-state index contributed by atoms with van der Waals surface area (Å²) < 4.78 is 27.8. The van der Waals surface area contributed by atoms with E-state index in [1.165, 1.54) is 0 Å². The molecular formula is C27H45N3O19. The Bertz CT molecular complexity index is 1170. The van der Waals surface area contributed by atoms with Crippen LogP contribution in [0, 0.1) is 0 Å². The van der Waals surface area contributed by atoms with Crippen molar-refractivity contribution >= 4 is 23.7 Å². The maximum absolute atomic E-state index is 12.9. The van der Waals surface area contributed by atoms with Gasteiger partial charge in [0.1, 0.15) is 67.1 Å². The van der Waals surface area contributed by atoms with Gasteiger partial charge in [-0.25, -0.2) is 4.79 Å². The Morgan fingerprint density at radius 1 is 0.796 bits per heavy atom. The van der Waals surface area contributed by atoms with Crippen LogP contribution in [-0.4, -0.2) is 192 Å². The van der Waals surface area contributed by atoms with Crippen LogP contribution in [0.15, 0.2) is 0 Å². The number of carboxylic acid groups (broad SMARTS) is 1. The van der Waals surface area contributed by atoms with E-state index in [0.717, 1.165) is 20.8 Å². The third-order valence-electron chi connectivity index (χ3n) is 8.29. The number of aliphatic carboxylic acids is 1. The molecule has 13 N–H and O–H groups in total. The fraction of sp³-hybridized carbons (Fsp3) is 0.852. The highest BCUT2D eigenvalue weighted by Gasteiger charge is 2.60. The molecule has 0 aromatic carbocycles. The fourth-order valence-corrected chi connectivity index (χ4v) is 6.00. The van der Waals surface area contributed by atoms with Crippen LogP contribution in [0.2, 0.25) is 0 Å². The Balaban J connectivity index is 2.02. The number of carbonyl (C=O) groups excluding carboxylic acids is 3. The van der Waals surface area contributed by atoms with Crippen molar-refractivity contribution in [1.29, 1.82) is 0 Å². The van der Waals surface area contributed by atoms with Crippen molar-refractivity contribution in [1.82, 2.24) is 16.0 Å². The maximum Gasteiger partial charge on any atom is 0.364 e. The first-order valence-corrected chi connectivity index (χ1v) is 15.2. The molecule has 3 amide bonds. The number of rotatable bonds is 13. The molecule has 0 aromatic heterocycles. The van der Waals surface area contributed by atoms with E-state index < -0.39 is 147 Å². The quantitative estimate of drug-likeness (QED) is 0.0842. The van der Waals surface area contributed by atoms with Gasteiger partial charge in [-0.1, -0.05) is 0 Å². The number of carbonyl (C=O) groups is 4. The summed E-state index contributed by atoms with van der Waals surface area (Å²) in [5.41, 5.74) is 0. The highest BCUT2D eigenvalue weighted by molar-refractivity contribution is 5.78. The van der Waals surface area contributed by atoms with Crippen LogP contribution >= 0.6 is 0 Å². The molecule has 0 spiro atoms. The van der Waals surface area contributed by atoms with Gasteiger partial charge >= 0.3 is 5.97 Å². The number of ether oxygens (including phenoxy) is 5. The van der Waals surface area contributed by atoms with E-state index in [9.17, 15) is 70.2 Å². The SMILES string of the molecule is CC(=O)N[C@H]1[C@H]([C@H](O)[C@H](O)CO)O[C@@](O[C@H]2[C@@H](O)[C@@H](CO)O[C@@H](O[C@H]3[C@H](O)[C@@H](NC(C)=O)C(O)O[C@@H]3CO)[C@@H]2O)(C(=O)O)C[C@@H]1NC(C)=O. The summed E-state index contributed by atoms with van der Waals surface area (Å²) in [6.45, 7) is 0.267. The zero-order valence-electron chi connectivity index (χ0n) is 26.6. The van der Waals surface area contributed by atoms with Gasteiger partial charge in [-0.3, -0.25) is 14.4 Å². The van der Waals surface area contributed by atoms with Crippen molar-refractivity contribution in [3.05, 3.63) is 0 Å². The molecule has 3 rings (SSSR count). The molecule has 3 fully saturated rings. The molecule has 3 aliphatic rings. The minimum Gasteiger partial charge on any atom is -0.477 e. The van der Waals surface area contributed by atoms with Crippen LogP contribution in [0.1, 0.15) is 27.2 Å². The summed E-state index contributed by atoms with van der Waals surface area (Å²) in [5, 5.41) is 111. The van der Waals surface area contributed by atoms with Gasteiger partial charge in [-0.2, -0.15) is 0 Å². The van der Waals surface area contributed by atoms with Crippen molar-refractivity contribution in [3.8, 4) is 0 Å². The lowest BCUT2D eigenvalue weighted by molar-refractivity contribution is -0.379. The Hall–Kier alpha value is -2.68. The van der Waals surface area contributed by atoms with Gasteiger partial charge in [0.15, 0.2) is 12.6 Å². The summed E-state index contributed by atoms with van der Waals surface area (Å²) in [5.74, 6) is -7.13. The first-order chi connectivity index (χ1) is 22.9. The molecule has 1 unspecified atom stereocenters. The largest absolute Gasteiger partial charge is 0.477 e. The van der Waals surface area contributed by atoms with E-state index in [1.807, 2.05) is 0 Å². The average molecular weight is 716 g/mol. The van der Waals surface area contributed by atoms with E-state index in [1.54, 1.807) is 0 Å². The van der Waals surface area contributed by atoms with Gasteiger partial charge in [0.25, 0.3) is 5.79 Å². The van der Waals surface area contributed by atoms with E-state index in [0.29, 0.717) is 0 Å². The van der Waals surface area contributed by atoms with E-state index in [4.69, 9.17) is 23.7 Å².